The van der Waals surface area contributed by atoms with Gasteiger partial charge in [-0.1, -0.05) is 6.07 Å². The van der Waals surface area contributed by atoms with Crippen LogP contribution in [-0.4, -0.2) is 55.1 Å². The first-order chi connectivity index (χ1) is 15.2. The molecule has 0 atom stereocenters. The SMILES string of the molecule is Cc1csc(-c2cc(S(=O)(=O)Nc3ccc(C)c(C)c3)cn2CC(=O)N2CCOCC2)n1. The van der Waals surface area contributed by atoms with Gasteiger partial charge in [-0.3, -0.25) is 9.52 Å². The molecule has 1 aliphatic rings. The molecule has 1 aliphatic heterocycles. The van der Waals surface area contributed by atoms with Crippen LogP contribution in [0.15, 0.2) is 40.7 Å². The topological polar surface area (TPSA) is 93.5 Å². The molecular weight excluding hydrogens is 448 g/mol. The number of carbonyl (C=O) groups is 1. The number of benzene rings is 1. The first kappa shape index (κ1) is 22.5. The van der Waals surface area contributed by atoms with Crippen molar-refractivity contribution >= 4 is 33.0 Å². The number of aryl methyl sites for hydroxylation is 3. The fraction of sp³-hybridized carbons (Fsp3) is 0.364. The summed E-state index contributed by atoms with van der Waals surface area (Å²) in [6.45, 7) is 7.91. The lowest BCUT2D eigenvalue weighted by Crippen LogP contribution is -2.42. The number of hydrogen-bond donors (Lipinski definition) is 1. The number of ether oxygens (including phenoxy) is 1. The van der Waals surface area contributed by atoms with Crippen LogP contribution in [0.4, 0.5) is 5.69 Å². The Morgan fingerprint density at radius 2 is 1.91 bits per heavy atom. The second-order valence-corrected chi connectivity index (χ2v) is 10.4. The molecule has 4 rings (SSSR count). The Hall–Kier alpha value is -2.69. The predicted octanol–water partition coefficient (Wildman–Crippen LogP) is 3.20. The normalized spacial score (nSPS) is 14.5. The van der Waals surface area contributed by atoms with Crippen molar-refractivity contribution in [3.63, 3.8) is 0 Å². The number of thiazole rings is 1. The molecule has 32 heavy (non-hydrogen) atoms. The maximum Gasteiger partial charge on any atom is 0.263 e. The molecule has 1 fully saturated rings. The quantitative estimate of drug-likeness (QED) is 0.592. The van der Waals surface area contributed by atoms with Crippen LogP contribution in [-0.2, 0) is 26.1 Å². The van der Waals surface area contributed by atoms with Crippen molar-refractivity contribution in [2.75, 3.05) is 31.0 Å². The number of nitrogens with one attached hydrogen (secondary N) is 1. The maximum absolute atomic E-state index is 13.1. The number of sulfonamides is 1. The van der Waals surface area contributed by atoms with Gasteiger partial charge in [0.05, 0.1) is 18.9 Å². The third kappa shape index (κ3) is 4.87. The van der Waals surface area contributed by atoms with Crippen LogP contribution in [0.2, 0.25) is 0 Å². The molecule has 8 nitrogen and oxygen atoms in total. The van der Waals surface area contributed by atoms with Gasteiger partial charge in [0.25, 0.3) is 10.0 Å². The minimum Gasteiger partial charge on any atom is -0.378 e. The van der Waals surface area contributed by atoms with E-state index in [1.165, 1.54) is 17.5 Å². The average molecular weight is 475 g/mol. The van der Waals surface area contributed by atoms with Crippen LogP contribution >= 0.6 is 11.3 Å². The molecule has 1 amide bonds. The molecule has 0 radical (unpaired) electrons. The van der Waals surface area contributed by atoms with E-state index in [2.05, 4.69) is 9.71 Å². The highest BCUT2D eigenvalue weighted by molar-refractivity contribution is 7.92. The summed E-state index contributed by atoms with van der Waals surface area (Å²) in [5.41, 5.74) is 4.02. The van der Waals surface area contributed by atoms with Crippen LogP contribution in [0.3, 0.4) is 0 Å². The molecular formula is C22H26N4O4S2. The summed E-state index contributed by atoms with van der Waals surface area (Å²) in [6, 6.07) is 7.00. The number of nitrogens with zero attached hydrogens (tertiary/aromatic N) is 3. The zero-order valence-corrected chi connectivity index (χ0v) is 19.9. The van der Waals surface area contributed by atoms with E-state index in [9.17, 15) is 13.2 Å². The molecule has 3 heterocycles. The summed E-state index contributed by atoms with van der Waals surface area (Å²) in [7, 11) is -3.85. The summed E-state index contributed by atoms with van der Waals surface area (Å²) in [5, 5.41) is 2.57. The Morgan fingerprint density at radius 3 is 2.56 bits per heavy atom. The lowest BCUT2D eigenvalue weighted by atomic mass is 10.1. The van der Waals surface area contributed by atoms with E-state index in [1.54, 1.807) is 27.7 Å². The summed E-state index contributed by atoms with van der Waals surface area (Å²) >= 11 is 1.42. The van der Waals surface area contributed by atoms with Crippen molar-refractivity contribution < 1.29 is 17.9 Å². The van der Waals surface area contributed by atoms with Gasteiger partial charge in [-0.05, 0) is 50.1 Å². The van der Waals surface area contributed by atoms with Gasteiger partial charge >= 0.3 is 0 Å². The summed E-state index contributed by atoms with van der Waals surface area (Å²) in [4.78, 5) is 19.2. The molecule has 0 aliphatic carbocycles. The zero-order valence-electron chi connectivity index (χ0n) is 18.3. The van der Waals surface area contributed by atoms with E-state index in [0.29, 0.717) is 42.7 Å². The molecule has 0 saturated carbocycles. The number of carbonyl (C=O) groups excluding carboxylic acids is 1. The molecule has 10 heteroatoms. The molecule has 1 aromatic carbocycles. The zero-order chi connectivity index (χ0) is 22.9. The second kappa shape index (κ2) is 9.05. The molecule has 1 saturated heterocycles. The van der Waals surface area contributed by atoms with Gasteiger partial charge in [0.1, 0.15) is 16.4 Å². The fourth-order valence-electron chi connectivity index (χ4n) is 3.49. The molecule has 2 aromatic heterocycles. The lowest BCUT2D eigenvalue weighted by Gasteiger charge is -2.27. The van der Waals surface area contributed by atoms with Crippen molar-refractivity contribution in [1.82, 2.24) is 14.5 Å². The van der Waals surface area contributed by atoms with Gasteiger partial charge in [-0.25, -0.2) is 13.4 Å². The molecule has 3 aromatic rings. The summed E-state index contributed by atoms with van der Waals surface area (Å²) in [6.07, 6.45) is 1.51. The summed E-state index contributed by atoms with van der Waals surface area (Å²) < 4.78 is 35.9. The van der Waals surface area contributed by atoms with Gasteiger partial charge in [-0.2, -0.15) is 0 Å². The van der Waals surface area contributed by atoms with E-state index >= 15 is 0 Å². The molecule has 0 bridgehead atoms. The van der Waals surface area contributed by atoms with Crippen LogP contribution in [0.25, 0.3) is 10.7 Å². The summed E-state index contributed by atoms with van der Waals surface area (Å²) in [5.74, 6) is -0.0792. The minimum atomic E-state index is -3.85. The Labute approximate surface area is 191 Å². The second-order valence-electron chi connectivity index (χ2n) is 7.88. The number of rotatable bonds is 6. The van der Waals surface area contributed by atoms with Crippen LogP contribution in [0, 0.1) is 20.8 Å². The van der Waals surface area contributed by atoms with Crippen LogP contribution in [0.1, 0.15) is 16.8 Å². The number of aromatic nitrogens is 2. The number of amides is 1. The Kier molecular flexibility index (Phi) is 6.36. The van der Waals surface area contributed by atoms with Crippen LogP contribution < -0.4 is 4.72 Å². The third-order valence-corrected chi connectivity index (χ3v) is 7.78. The van der Waals surface area contributed by atoms with Crippen molar-refractivity contribution in [3.8, 4) is 10.7 Å². The predicted molar refractivity (Wildman–Crippen MR) is 124 cm³/mol. The highest BCUT2D eigenvalue weighted by atomic mass is 32.2. The first-order valence-electron chi connectivity index (χ1n) is 10.3. The van der Waals surface area contributed by atoms with Crippen LogP contribution in [0.5, 0.6) is 0 Å². The van der Waals surface area contributed by atoms with Gasteiger partial charge in [0.2, 0.25) is 5.91 Å². The number of anilines is 1. The van der Waals surface area contributed by atoms with Crippen molar-refractivity contribution in [2.45, 2.75) is 32.2 Å². The molecule has 0 unspecified atom stereocenters. The maximum atomic E-state index is 13.1. The van der Waals surface area contributed by atoms with Gasteiger partial charge < -0.3 is 14.2 Å². The standard InChI is InChI=1S/C22H26N4O4S2/c1-15-4-5-18(10-16(15)2)24-32(28,29)19-11-20(22-23-17(3)14-31-22)26(12-19)13-21(27)25-6-8-30-9-7-25/h4-5,10-12,14,24H,6-9,13H2,1-3H3. The van der Waals surface area contributed by atoms with Crippen molar-refractivity contribution in [2.24, 2.45) is 0 Å². The van der Waals surface area contributed by atoms with E-state index in [4.69, 9.17) is 4.74 Å². The van der Waals surface area contributed by atoms with Gasteiger partial charge in [-0.15, -0.1) is 11.3 Å². The fourth-order valence-corrected chi connectivity index (χ4v) is 5.41. The Bertz CT molecular complexity index is 1240. The Morgan fingerprint density at radius 1 is 1.16 bits per heavy atom. The van der Waals surface area contributed by atoms with Gasteiger partial charge in [0.15, 0.2) is 0 Å². The van der Waals surface area contributed by atoms with Crippen molar-refractivity contribution in [3.05, 3.63) is 52.7 Å². The molecule has 170 valence electrons. The average Bonchev–Trinajstić information content (AvgIpc) is 3.38. The highest BCUT2D eigenvalue weighted by Gasteiger charge is 2.24. The third-order valence-electron chi connectivity index (χ3n) is 5.45. The number of hydrogen-bond acceptors (Lipinski definition) is 6. The lowest BCUT2D eigenvalue weighted by molar-refractivity contribution is -0.135. The highest BCUT2D eigenvalue weighted by Crippen LogP contribution is 2.29. The smallest absolute Gasteiger partial charge is 0.263 e. The molecule has 0 spiro atoms. The Balaban J connectivity index is 1.66. The van der Waals surface area contributed by atoms with E-state index < -0.39 is 10.0 Å². The van der Waals surface area contributed by atoms with E-state index in [1.807, 2.05) is 32.2 Å². The van der Waals surface area contributed by atoms with Crippen molar-refractivity contribution in [1.29, 1.82) is 0 Å². The minimum absolute atomic E-state index is 0.0348. The molecule has 1 N–H and O–H groups in total. The van der Waals surface area contributed by atoms with E-state index in [0.717, 1.165) is 16.8 Å². The largest absolute Gasteiger partial charge is 0.378 e. The van der Waals surface area contributed by atoms with Gasteiger partial charge in [0, 0.05) is 36.0 Å². The first-order valence-corrected chi connectivity index (χ1v) is 12.7. The monoisotopic (exact) mass is 474 g/mol. The van der Waals surface area contributed by atoms with E-state index in [-0.39, 0.29) is 17.3 Å². The number of morpholine rings is 1.